The van der Waals surface area contributed by atoms with Crippen LogP contribution in [-0.2, 0) is 0 Å². The van der Waals surface area contributed by atoms with Crippen LogP contribution in [0.1, 0.15) is 59.8 Å². The molecule has 0 aliphatic heterocycles. The first-order chi connectivity index (χ1) is 8.50. The first-order valence-electron chi connectivity index (χ1n) is 7.43. The second kappa shape index (κ2) is 7.11. The largest absolute Gasteiger partial charge is 0.300 e. The van der Waals surface area contributed by atoms with Gasteiger partial charge < -0.3 is 4.90 Å². The molecule has 0 amide bonds. The van der Waals surface area contributed by atoms with Crippen LogP contribution < -0.4 is 5.32 Å². The van der Waals surface area contributed by atoms with E-state index in [1.165, 1.54) is 32.2 Å². The second-order valence-corrected chi connectivity index (χ2v) is 6.11. The third-order valence-corrected chi connectivity index (χ3v) is 3.62. The van der Waals surface area contributed by atoms with Gasteiger partial charge in [-0.25, -0.2) is 0 Å². The lowest BCUT2D eigenvalue weighted by molar-refractivity contribution is 0.229. The van der Waals surface area contributed by atoms with Gasteiger partial charge in [-0.2, -0.15) is 5.26 Å². The highest BCUT2D eigenvalue weighted by molar-refractivity contribution is 5.05. The molecule has 0 aromatic rings. The fourth-order valence-corrected chi connectivity index (χ4v) is 2.44. The summed E-state index contributed by atoms with van der Waals surface area (Å²) in [6.45, 7) is 10.7. The van der Waals surface area contributed by atoms with Gasteiger partial charge in [-0.15, -0.1) is 0 Å². The van der Waals surface area contributed by atoms with Gasteiger partial charge in [-0.3, -0.25) is 5.32 Å². The molecule has 1 aliphatic rings. The molecule has 18 heavy (non-hydrogen) atoms. The molecule has 0 spiro atoms. The fourth-order valence-electron chi connectivity index (χ4n) is 2.44. The Kier molecular flexibility index (Phi) is 6.11. The van der Waals surface area contributed by atoms with Gasteiger partial charge in [0.2, 0.25) is 0 Å². The standard InChI is InChI=1S/C15H29N3/c1-5-6-10-18(14-7-8-14)11-9-15(4,12-16)17-13(2)3/h13-14,17H,5-11H2,1-4H3. The van der Waals surface area contributed by atoms with Crippen molar-refractivity contribution in [3.8, 4) is 6.07 Å². The maximum atomic E-state index is 9.35. The molecule has 1 saturated carbocycles. The van der Waals surface area contributed by atoms with E-state index >= 15 is 0 Å². The zero-order valence-electron chi connectivity index (χ0n) is 12.5. The van der Waals surface area contributed by atoms with Crippen molar-refractivity contribution in [2.45, 2.75) is 77.4 Å². The highest BCUT2D eigenvalue weighted by Crippen LogP contribution is 2.28. The molecule has 3 heteroatoms. The summed E-state index contributed by atoms with van der Waals surface area (Å²) >= 11 is 0. The third-order valence-electron chi connectivity index (χ3n) is 3.62. The summed E-state index contributed by atoms with van der Waals surface area (Å²) in [4.78, 5) is 2.58. The number of nitrogens with zero attached hydrogens (tertiary/aromatic N) is 2. The predicted octanol–water partition coefficient (Wildman–Crippen LogP) is 2.92. The summed E-state index contributed by atoms with van der Waals surface area (Å²) in [5.41, 5.74) is -0.381. The van der Waals surface area contributed by atoms with Crippen LogP contribution in [0, 0.1) is 11.3 Å². The molecule has 1 fully saturated rings. The van der Waals surface area contributed by atoms with Crippen molar-refractivity contribution in [1.29, 1.82) is 5.26 Å². The predicted molar refractivity (Wildman–Crippen MR) is 76.4 cm³/mol. The molecule has 0 aromatic carbocycles. The van der Waals surface area contributed by atoms with Crippen LogP contribution in [-0.4, -0.2) is 35.6 Å². The molecule has 1 N–H and O–H groups in total. The average molecular weight is 251 g/mol. The number of rotatable bonds is 9. The van der Waals surface area contributed by atoms with Crippen LogP contribution in [0.25, 0.3) is 0 Å². The summed E-state index contributed by atoms with van der Waals surface area (Å²) in [6, 6.07) is 3.61. The lowest BCUT2D eigenvalue weighted by Gasteiger charge is -2.30. The van der Waals surface area contributed by atoms with Gasteiger partial charge in [-0.05, 0) is 53.0 Å². The van der Waals surface area contributed by atoms with Crippen molar-refractivity contribution in [2.75, 3.05) is 13.1 Å². The maximum absolute atomic E-state index is 9.35. The summed E-state index contributed by atoms with van der Waals surface area (Å²) in [6.07, 6.45) is 6.15. The molecule has 0 aromatic heterocycles. The zero-order chi connectivity index (χ0) is 13.6. The number of hydrogen-bond donors (Lipinski definition) is 1. The van der Waals surface area contributed by atoms with Crippen LogP contribution >= 0.6 is 0 Å². The topological polar surface area (TPSA) is 39.1 Å². The van der Waals surface area contributed by atoms with Gasteiger partial charge in [0.25, 0.3) is 0 Å². The summed E-state index contributed by atoms with van der Waals surface area (Å²) < 4.78 is 0. The SMILES string of the molecule is CCCCN(CCC(C)(C#N)NC(C)C)C1CC1. The molecule has 0 bridgehead atoms. The Labute approximate surface area is 113 Å². The van der Waals surface area contributed by atoms with Gasteiger partial charge in [0.15, 0.2) is 0 Å². The molecule has 3 nitrogen and oxygen atoms in total. The molecule has 1 rings (SSSR count). The van der Waals surface area contributed by atoms with Crippen LogP contribution in [0.3, 0.4) is 0 Å². The maximum Gasteiger partial charge on any atom is 0.105 e. The molecular weight excluding hydrogens is 222 g/mol. The Hall–Kier alpha value is -0.590. The molecule has 0 radical (unpaired) electrons. The van der Waals surface area contributed by atoms with Crippen molar-refractivity contribution in [2.24, 2.45) is 0 Å². The Bertz CT molecular complexity index is 278. The zero-order valence-corrected chi connectivity index (χ0v) is 12.5. The van der Waals surface area contributed by atoms with E-state index < -0.39 is 0 Å². The minimum Gasteiger partial charge on any atom is -0.300 e. The Morgan fingerprint density at radius 1 is 1.39 bits per heavy atom. The van der Waals surface area contributed by atoms with Gasteiger partial charge in [-0.1, -0.05) is 13.3 Å². The Morgan fingerprint density at radius 2 is 2.06 bits per heavy atom. The van der Waals surface area contributed by atoms with Crippen LogP contribution in [0.4, 0.5) is 0 Å². The molecule has 0 saturated heterocycles. The van der Waals surface area contributed by atoms with Crippen LogP contribution in [0.5, 0.6) is 0 Å². The van der Waals surface area contributed by atoms with E-state index in [2.05, 4.69) is 37.1 Å². The Balaban J connectivity index is 2.41. The minimum absolute atomic E-state index is 0.361. The highest BCUT2D eigenvalue weighted by Gasteiger charge is 2.31. The molecule has 1 atom stereocenters. The van der Waals surface area contributed by atoms with E-state index in [1.54, 1.807) is 0 Å². The van der Waals surface area contributed by atoms with E-state index in [1.807, 2.05) is 6.92 Å². The lowest BCUT2D eigenvalue weighted by Crippen LogP contribution is -2.47. The van der Waals surface area contributed by atoms with Crippen molar-refractivity contribution in [1.82, 2.24) is 10.2 Å². The monoisotopic (exact) mass is 251 g/mol. The van der Waals surface area contributed by atoms with Gasteiger partial charge in [0.1, 0.15) is 5.54 Å². The second-order valence-electron chi connectivity index (χ2n) is 6.11. The minimum atomic E-state index is -0.381. The van der Waals surface area contributed by atoms with Crippen LogP contribution in [0.2, 0.25) is 0 Å². The van der Waals surface area contributed by atoms with Gasteiger partial charge >= 0.3 is 0 Å². The van der Waals surface area contributed by atoms with Crippen molar-refractivity contribution in [3.05, 3.63) is 0 Å². The fraction of sp³-hybridized carbons (Fsp3) is 0.933. The number of nitrogens with one attached hydrogen (secondary N) is 1. The van der Waals surface area contributed by atoms with E-state index in [-0.39, 0.29) is 5.54 Å². The molecule has 1 unspecified atom stereocenters. The van der Waals surface area contributed by atoms with E-state index in [0.717, 1.165) is 19.0 Å². The third kappa shape index (κ3) is 5.37. The van der Waals surface area contributed by atoms with Crippen molar-refractivity contribution >= 4 is 0 Å². The summed E-state index contributed by atoms with van der Waals surface area (Å²) in [5.74, 6) is 0. The van der Waals surface area contributed by atoms with Crippen molar-refractivity contribution in [3.63, 3.8) is 0 Å². The average Bonchev–Trinajstić information content (AvgIpc) is 3.12. The summed E-state index contributed by atoms with van der Waals surface area (Å²) in [5, 5.41) is 12.7. The quantitative estimate of drug-likeness (QED) is 0.685. The first kappa shape index (κ1) is 15.5. The van der Waals surface area contributed by atoms with E-state index in [0.29, 0.717) is 6.04 Å². The molecule has 104 valence electrons. The van der Waals surface area contributed by atoms with E-state index in [9.17, 15) is 5.26 Å². The molecule has 0 heterocycles. The van der Waals surface area contributed by atoms with Gasteiger partial charge in [0.05, 0.1) is 6.07 Å². The van der Waals surface area contributed by atoms with E-state index in [4.69, 9.17) is 0 Å². The number of nitriles is 1. The first-order valence-corrected chi connectivity index (χ1v) is 7.43. The number of hydrogen-bond acceptors (Lipinski definition) is 3. The van der Waals surface area contributed by atoms with Gasteiger partial charge in [0, 0.05) is 18.6 Å². The molecule has 1 aliphatic carbocycles. The Morgan fingerprint density at radius 3 is 2.50 bits per heavy atom. The smallest absolute Gasteiger partial charge is 0.105 e. The van der Waals surface area contributed by atoms with Crippen LogP contribution in [0.15, 0.2) is 0 Å². The normalized spacial score (nSPS) is 18.9. The van der Waals surface area contributed by atoms with Crippen molar-refractivity contribution < 1.29 is 0 Å². The number of unbranched alkanes of at least 4 members (excludes halogenated alkanes) is 1. The lowest BCUT2D eigenvalue weighted by atomic mass is 9.98. The molecular formula is C15H29N3. The summed E-state index contributed by atoms with van der Waals surface area (Å²) in [7, 11) is 0. The highest BCUT2D eigenvalue weighted by atomic mass is 15.2.